The Morgan fingerprint density at radius 1 is 1.11 bits per heavy atom. The van der Waals surface area contributed by atoms with Crippen LogP contribution < -0.4 is 4.74 Å². The molecule has 0 N–H and O–H groups in total. The molecule has 2 aromatic carbocycles. The summed E-state index contributed by atoms with van der Waals surface area (Å²) >= 11 is 15.4. The van der Waals surface area contributed by atoms with Crippen molar-refractivity contribution in [3.05, 3.63) is 57.0 Å². The van der Waals surface area contributed by atoms with Crippen LogP contribution in [-0.2, 0) is 5.88 Å². The minimum atomic E-state index is 0.439. The molecule has 0 saturated heterocycles. The summed E-state index contributed by atoms with van der Waals surface area (Å²) in [6, 6.07) is 11.4. The van der Waals surface area contributed by atoms with Gasteiger partial charge >= 0.3 is 0 Å². The zero-order chi connectivity index (χ0) is 13.1. The highest BCUT2D eigenvalue weighted by Gasteiger charge is 2.07. The Balaban J connectivity index is 2.28. The fourth-order valence-electron chi connectivity index (χ4n) is 1.52. The smallest absolute Gasteiger partial charge is 0.146 e. The molecule has 0 aliphatic rings. The summed E-state index contributed by atoms with van der Waals surface area (Å²) in [5.41, 5.74) is 2.13. The third-order valence-corrected chi connectivity index (χ3v) is 3.68. The highest BCUT2D eigenvalue weighted by Crippen LogP contribution is 2.34. The van der Waals surface area contributed by atoms with Gasteiger partial charge in [0.05, 0.1) is 9.50 Å². The van der Waals surface area contributed by atoms with Crippen molar-refractivity contribution in [3.8, 4) is 11.5 Å². The molecule has 0 spiro atoms. The Hall–Kier alpha value is -0.700. The van der Waals surface area contributed by atoms with Crippen LogP contribution in [0.2, 0.25) is 5.02 Å². The monoisotopic (exact) mass is 344 g/mol. The second-order valence-corrected chi connectivity index (χ2v) is 5.46. The quantitative estimate of drug-likeness (QED) is 0.625. The van der Waals surface area contributed by atoms with E-state index in [1.165, 1.54) is 0 Å². The second kappa shape index (κ2) is 5.96. The van der Waals surface area contributed by atoms with Gasteiger partial charge in [-0.1, -0.05) is 23.7 Å². The van der Waals surface area contributed by atoms with Crippen LogP contribution in [0.5, 0.6) is 11.5 Å². The molecule has 1 nitrogen and oxygen atoms in total. The van der Waals surface area contributed by atoms with Crippen LogP contribution in [0.25, 0.3) is 0 Å². The van der Waals surface area contributed by atoms with E-state index in [0.29, 0.717) is 16.7 Å². The number of alkyl halides is 1. The first-order chi connectivity index (χ1) is 8.60. The lowest BCUT2D eigenvalue weighted by atomic mass is 10.2. The average molecular weight is 346 g/mol. The van der Waals surface area contributed by atoms with Crippen molar-refractivity contribution < 1.29 is 4.74 Å². The summed E-state index contributed by atoms with van der Waals surface area (Å²) in [5.74, 6) is 1.80. The molecule has 0 amide bonds. The van der Waals surface area contributed by atoms with Gasteiger partial charge in [-0.25, -0.2) is 0 Å². The lowest BCUT2D eigenvalue weighted by Crippen LogP contribution is -1.88. The SMILES string of the molecule is Cc1ccc(Oc2ccc(CCl)cc2Cl)c(Br)c1. The first-order valence-electron chi connectivity index (χ1n) is 5.38. The molecule has 0 heterocycles. The minimum absolute atomic E-state index is 0.439. The molecule has 0 radical (unpaired) electrons. The lowest BCUT2D eigenvalue weighted by molar-refractivity contribution is 0.479. The van der Waals surface area contributed by atoms with Crippen LogP contribution in [0.15, 0.2) is 40.9 Å². The second-order valence-electron chi connectivity index (χ2n) is 3.93. The first-order valence-corrected chi connectivity index (χ1v) is 7.09. The topological polar surface area (TPSA) is 9.23 Å². The van der Waals surface area contributed by atoms with Crippen LogP contribution in [0.4, 0.5) is 0 Å². The predicted octanol–water partition coefficient (Wildman–Crippen LogP) is 5.94. The van der Waals surface area contributed by atoms with Crippen LogP contribution in [-0.4, -0.2) is 0 Å². The fourth-order valence-corrected chi connectivity index (χ4v) is 2.50. The van der Waals surface area contributed by atoms with Gasteiger partial charge in [-0.3, -0.25) is 0 Å². The lowest BCUT2D eigenvalue weighted by Gasteiger charge is -2.10. The molecule has 0 aliphatic carbocycles. The number of halogens is 3. The van der Waals surface area contributed by atoms with E-state index in [4.69, 9.17) is 27.9 Å². The highest BCUT2D eigenvalue weighted by molar-refractivity contribution is 9.10. The van der Waals surface area contributed by atoms with Gasteiger partial charge in [0.15, 0.2) is 0 Å². The molecule has 0 aliphatic heterocycles. The third-order valence-electron chi connectivity index (χ3n) is 2.46. The third kappa shape index (κ3) is 3.19. The van der Waals surface area contributed by atoms with Crippen molar-refractivity contribution in [2.45, 2.75) is 12.8 Å². The van der Waals surface area contributed by atoms with Gasteiger partial charge < -0.3 is 4.74 Å². The summed E-state index contributed by atoms with van der Waals surface area (Å²) in [6.07, 6.45) is 0. The molecule has 0 fully saturated rings. The molecule has 4 heteroatoms. The van der Waals surface area contributed by atoms with E-state index >= 15 is 0 Å². The van der Waals surface area contributed by atoms with E-state index in [1.54, 1.807) is 0 Å². The molecule has 94 valence electrons. The summed E-state index contributed by atoms with van der Waals surface area (Å²) in [7, 11) is 0. The molecule has 0 atom stereocenters. The van der Waals surface area contributed by atoms with Crippen molar-refractivity contribution in [1.82, 2.24) is 0 Å². The Bertz CT molecular complexity index is 570. The van der Waals surface area contributed by atoms with Gasteiger partial charge in [0.1, 0.15) is 11.5 Å². The van der Waals surface area contributed by atoms with E-state index in [2.05, 4.69) is 15.9 Å². The largest absolute Gasteiger partial charge is 0.455 e. The van der Waals surface area contributed by atoms with Gasteiger partial charge in [-0.2, -0.15) is 0 Å². The molecule has 0 bridgehead atoms. The predicted molar refractivity (Wildman–Crippen MR) is 80.0 cm³/mol. The van der Waals surface area contributed by atoms with E-state index in [0.717, 1.165) is 21.3 Å². The number of hydrogen-bond acceptors (Lipinski definition) is 1. The number of aryl methyl sites for hydroxylation is 1. The summed E-state index contributed by atoms with van der Waals surface area (Å²) in [5, 5.41) is 0.556. The molecule has 18 heavy (non-hydrogen) atoms. The van der Waals surface area contributed by atoms with Crippen molar-refractivity contribution in [3.63, 3.8) is 0 Å². The van der Waals surface area contributed by atoms with Crippen LogP contribution in [0.3, 0.4) is 0 Å². The minimum Gasteiger partial charge on any atom is -0.455 e. The van der Waals surface area contributed by atoms with Gasteiger partial charge in [0.2, 0.25) is 0 Å². The van der Waals surface area contributed by atoms with E-state index in [9.17, 15) is 0 Å². The molecule has 0 unspecified atom stereocenters. The normalized spacial score (nSPS) is 10.4. The van der Waals surface area contributed by atoms with Gasteiger partial charge in [0, 0.05) is 5.88 Å². The number of benzene rings is 2. The molecule has 2 aromatic rings. The first kappa shape index (κ1) is 13.7. The standard InChI is InChI=1S/C14H11BrCl2O/c1-9-2-4-13(11(15)6-9)18-14-5-3-10(8-16)7-12(14)17/h2-7H,8H2,1H3. The van der Waals surface area contributed by atoms with Crippen LogP contribution >= 0.6 is 39.1 Å². The summed E-state index contributed by atoms with van der Waals surface area (Å²) in [4.78, 5) is 0. The number of rotatable bonds is 3. The molecule has 2 rings (SSSR count). The Morgan fingerprint density at radius 3 is 2.44 bits per heavy atom. The maximum Gasteiger partial charge on any atom is 0.146 e. The van der Waals surface area contributed by atoms with E-state index in [-0.39, 0.29) is 0 Å². The molecule has 0 aromatic heterocycles. The maximum absolute atomic E-state index is 6.14. The maximum atomic E-state index is 6.14. The van der Waals surface area contributed by atoms with Gasteiger partial charge in [-0.05, 0) is 58.2 Å². The van der Waals surface area contributed by atoms with Crippen molar-refractivity contribution in [1.29, 1.82) is 0 Å². The highest BCUT2D eigenvalue weighted by atomic mass is 79.9. The van der Waals surface area contributed by atoms with E-state index < -0.39 is 0 Å². The fraction of sp³-hybridized carbons (Fsp3) is 0.143. The summed E-state index contributed by atoms with van der Waals surface area (Å²) < 4.78 is 6.68. The summed E-state index contributed by atoms with van der Waals surface area (Å²) in [6.45, 7) is 2.02. The molecular weight excluding hydrogens is 335 g/mol. The van der Waals surface area contributed by atoms with Gasteiger partial charge in [-0.15, -0.1) is 11.6 Å². The van der Waals surface area contributed by atoms with E-state index in [1.807, 2.05) is 43.3 Å². The number of ether oxygens (including phenoxy) is 1. The van der Waals surface area contributed by atoms with Crippen LogP contribution in [0.1, 0.15) is 11.1 Å². The average Bonchev–Trinajstić information content (AvgIpc) is 2.34. The zero-order valence-electron chi connectivity index (χ0n) is 9.71. The Labute approximate surface area is 125 Å². The zero-order valence-corrected chi connectivity index (χ0v) is 12.8. The molecule has 0 saturated carbocycles. The number of hydrogen-bond donors (Lipinski definition) is 0. The Morgan fingerprint density at radius 2 is 1.83 bits per heavy atom. The Kier molecular flexibility index (Phi) is 4.55. The van der Waals surface area contributed by atoms with Crippen molar-refractivity contribution in [2.75, 3.05) is 0 Å². The van der Waals surface area contributed by atoms with Gasteiger partial charge in [0.25, 0.3) is 0 Å². The van der Waals surface area contributed by atoms with Crippen molar-refractivity contribution >= 4 is 39.1 Å². The van der Waals surface area contributed by atoms with Crippen molar-refractivity contribution in [2.24, 2.45) is 0 Å². The molecular formula is C14H11BrCl2O. The van der Waals surface area contributed by atoms with Crippen LogP contribution in [0, 0.1) is 6.92 Å².